The van der Waals surface area contributed by atoms with Gasteiger partial charge in [0.2, 0.25) is 0 Å². The molecule has 0 aliphatic carbocycles. The fourth-order valence-electron chi connectivity index (χ4n) is 2.13. The van der Waals surface area contributed by atoms with Crippen molar-refractivity contribution in [3.63, 3.8) is 0 Å². The van der Waals surface area contributed by atoms with E-state index >= 15 is 0 Å². The van der Waals surface area contributed by atoms with Crippen molar-refractivity contribution in [3.05, 3.63) is 24.2 Å². The number of rotatable bonds is 4. The highest BCUT2D eigenvalue weighted by molar-refractivity contribution is 7.99. The van der Waals surface area contributed by atoms with Crippen molar-refractivity contribution in [1.29, 1.82) is 0 Å². The van der Waals surface area contributed by atoms with Gasteiger partial charge in [-0.05, 0) is 48.3 Å². The van der Waals surface area contributed by atoms with Crippen molar-refractivity contribution < 1.29 is 9.52 Å². The summed E-state index contributed by atoms with van der Waals surface area (Å²) in [6.45, 7) is 0. The highest BCUT2D eigenvalue weighted by atomic mass is 32.2. The summed E-state index contributed by atoms with van der Waals surface area (Å²) in [5.41, 5.74) is 1.10. The maximum atomic E-state index is 9.92. The second kappa shape index (κ2) is 5.61. The Hall–Kier alpha value is -0.410. The molecule has 84 valence electrons. The molecule has 1 aromatic rings. The van der Waals surface area contributed by atoms with Gasteiger partial charge in [-0.3, -0.25) is 0 Å². The minimum Gasteiger partial charge on any atom is -0.472 e. The Morgan fingerprint density at radius 2 is 2.27 bits per heavy atom. The van der Waals surface area contributed by atoms with E-state index in [2.05, 4.69) is 0 Å². The van der Waals surface area contributed by atoms with Gasteiger partial charge < -0.3 is 9.52 Å². The SMILES string of the molecule is OC(Cc1ccoc1)CC1CCSCC1. The Morgan fingerprint density at radius 3 is 2.93 bits per heavy atom. The predicted molar refractivity (Wildman–Crippen MR) is 63.1 cm³/mol. The van der Waals surface area contributed by atoms with E-state index in [1.807, 2.05) is 17.8 Å². The molecule has 2 nitrogen and oxygen atoms in total. The van der Waals surface area contributed by atoms with Gasteiger partial charge in [-0.1, -0.05) is 0 Å². The van der Waals surface area contributed by atoms with E-state index in [4.69, 9.17) is 4.42 Å². The molecule has 0 amide bonds. The Morgan fingerprint density at radius 1 is 1.47 bits per heavy atom. The second-order valence-electron chi connectivity index (χ2n) is 4.28. The average Bonchev–Trinajstić information content (AvgIpc) is 2.71. The van der Waals surface area contributed by atoms with Gasteiger partial charge in [0.1, 0.15) is 0 Å². The van der Waals surface area contributed by atoms with Crippen molar-refractivity contribution >= 4 is 11.8 Å². The number of furan rings is 1. The van der Waals surface area contributed by atoms with Gasteiger partial charge in [0.05, 0.1) is 18.6 Å². The Balaban J connectivity index is 1.74. The van der Waals surface area contributed by atoms with Crippen LogP contribution in [0.4, 0.5) is 0 Å². The quantitative estimate of drug-likeness (QED) is 0.857. The summed E-state index contributed by atoms with van der Waals surface area (Å²) >= 11 is 2.03. The summed E-state index contributed by atoms with van der Waals surface area (Å²) in [6, 6.07) is 1.93. The van der Waals surface area contributed by atoms with E-state index in [1.54, 1.807) is 12.5 Å². The molecule has 0 saturated carbocycles. The number of aliphatic hydroxyl groups excluding tert-OH is 1. The van der Waals surface area contributed by atoms with E-state index in [0.29, 0.717) is 0 Å². The van der Waals surface area contributed by atoms with E-state index < -0.39 is 0 Å². The van der Waals surface area contributed by atoms with Crippen LogP contribution in [0.5, 0.6) is 0 Å². The van der Waals surface area contributed by atoms with Gasteiger partial charge in [0.25, 0.3) is 0 Å². The molecule has 1 atom stereocenters. The van der Waals surface area contributed by atoms with Gasteiger partial charge in [-0.2, -0.15) is 11.8 Å². The molecular weight excluding hydrogens is 208 g/mol. The molecule has 15 heavy (non-hydrogen) atoms. The van der Waals surface area contributed by atoms with Crippen LogP contribution in [0, 0.1) is 5.92 Å². The van der Waals surface area contributed by atoms with Crippen molar-refractivity contribution in [1.82, 2.24) is 0 Å². The molecule has 1 fully saturated rings. The average molecular weight is 226 g/mol. The molecule has 3 heteroatoms. The van der Waals surface area contributed by atoms with Crippen molar-refractivity contribution in [2.24, 2.45) is 5.92 Å². The van der Waals surface area contributed by atoms with Crippen molar-refractivity contribution in [3.8, 4) is 0 Å². The van der Waals surface area contributed by atoms with Gasteiger partial charge in [-0.15, -0.1) is 0 Å². The number of aliphatic hydroxyl groups is 1. The summed E-state index contributed by atoms with van der Waals surface area (Å²) < 4.78 is 4.99. The first-order valence-electron chi connectivity index (χ1n) is 5.61. The largest absolute Gasteiger partial charge is 0.472 e. The van der Waals surface area contributed by atoms with Gasteiger partial charge in [-0.25, -0.2) is 0 Å². The van der Waals surface area contributed by atoms with Crippen molar-refractivity contribution in [2.45, 2.75) is 31.8 Å². The van der Waals surface area contributed by atoms with Crippen LogP contribution in [0.15, 0.2) is 23.0 Å². The topological polar surface area (TPSA) is 33.4 Å². The number of hydrogen-bond acceptors (Lipinski definition) is 3. The normalized spacial score (nSPS) is 20.3. The van der Waals surface area contributed by atoms with E-state index in [1.165, 1.54) is 24.3 Å². The van der Waals surface area contributed by atoms with Crippen LogP contribution >= 0.6 is 11.8 Å². The smallest absolute Gasteiger partial charge is 0.0935 e. The Labute approximate surface area is 95.1 Å². The zero-order valence-electron chi connectivity index (χ0n) is 8.89. The lowest BCUT2D eigenvalue weighted by atomic mass is 9.93. The predicted octanol–water partition coefficient (Wildman–Crippen LogP) is 2.72. The molecule has 1 unspecified atom stereocenters. The number of hydrogen-bond donors (Lipinski definition) is 1. The molecule has 2 rings (SSSR count). The maximum Gasteiger partial charge on any atom is 0.0935 e. The third-order valence-electron chi connectivity index (χ3n) is 3.00. The Bertz CT molecular complexity index is 265. The molecular formula is C12H18O2S. The van der Waals surface area contributed by atoms with E-state index in [-0.39, 0.29) is 6.10 Å². The highest BCUT2D eigenvalue weighted by Gasteiger charge is 2.18. The standard InChI is InChI=1S/C12H18O2S/c13-12(8-11-1-4-14-9-11)7-10-2-5-15-6-3-10/h1,4,9-10,12-13H,2-3,5-8H2. The number of thioether (sulfide) groups is 1. The summed E-state index contributed by atoms with van der Waals surface area (Å²) in [5.74, 6) is 3.26. The minimum atomic E-state index is -0.198. The van der Waals surface area contributed by atoms with E-state index in [0.717, 1.165) is 24.3 Å². The lowest BCUT2D eigenvalue weighted by molar-refractivity contribution is 0.139. The second-order valence-corrected chi connectivity index (χ2v) is 5.51. The van der Waals surface area contributed by atoms with Crippen LogP contribution in [0.3, 0.4) is 0 Å². The lowest BCUT2D eigenvalue weighted by Crippen LogP contribution is -2.19. The fraction of sp³-hybridized carbons (Fsp3) is 0.667. The third-order valence-corrected chi connectivity index (χ3v) is 4.05. The first-order valence-corrected chi connectivity index (χ1v) is 6.77. The molecule has 2 heterocycles. The molecule has 1 aliphatic heterocycles. The monoisotopic (exact) mass is 226 g/mol. The van der Waals surface area contributed by atoms with E-state index in [9.17, 15) is 5.11 Å². The van der Waals surface area contributed by atoms with Crippen LogP contribution in [-0.4, -0.2) is 22.7 Å². The van der Waals surface area contributed by atoms with Gasteiger partial charge >= 0.3 is 0 Å². The van der Waals surface area contributed by atoms with Crippen LogP contribution < -0.4 is 0 Å². The molecule has 1 aromatic heterocycles. The fourth-order valence-corrected chi connectivity index (χ4v) is 3.34. The zero-order chi connectivity index (χ0) is 10.5. The summed E-state index contributed by atoms with van der Waals surface area (Å²) in [7, 11) is 0. The molecule has 0 spiro atoms. The third kappa shape index (κ3) is 3.58. The summed E-state index contributed by atoms with van der Waals surface area (Å²) in [6.07, 6.45) is 7.42. The zero-order valence-corrected chi connectivity index (χ0v) is 9.71. The van der Waals surface area contributed by atoms with Crippen LogP contribution in [0.1, 0.15) is 24.8 Å². The summed E-state index contributed by atoms with van der Waals surface area (Å²) in [5, 5.41) is 9.92. The first-order chi connectivity index (χ1) is 7.34. The Kier molecular flexibility index (Phi) is 4.15. The van der Waals surface area contributed by atoms with Crippen LogP contribution in [-0.2, 0) is 6.42 Å². The summed E-state index contributed by atoms with van der Waals surface area (Å²) in [4.78, 5) is 0. The molecule has 1 N–H and O–H groups in total. The lowest BCUT2D eigenvalue weighted by Gasteiger charge is -2.23. The first kappa shape index (κ1) is 11.1. The molecule has 0 radical (unpaired) electrons. The van der Waals surface area contributed by atoms with Crippen LogP contribution in [0.25, 0.3) is 0 Å². The van der Waals surface area contributed by atoms with Gasteiger partial charge in [0.15, 0.2) is 0 Å². The molecule has 1 saturated heterocycles. The molecule has 0 aromatic carbocycles. The molecule has 0 bridgehead atoms. The highest BCUT2D eigenvalue weighted by Crippen LogP contribution is 2.27. The molecule has 1 aliphatic rings. The maximum absolute atomic E-state index is 9.92. The van der Waals surface area contributed by atoms with Crippen LogP contribution in [0.2, 0.25) is 0 Å². The minimum absolute atomic E-state index is 0.198. The van der Waals surface area contributed by atoms with Gasteiger partial charge in [0, 0.05) is 6.42 Å². The van der Waals surface area contributed by atoms with Crippen molar-refractivity contribution in [2.75, 3.05) is 11.5 Å².